The van der Waals surface area contributed by atoms with Crippen molar-refractivity contribution >= 4 is 11.6 Å². The van der Waals surface area contributed by atoms with Gasteiger partial charge in [0.15, 0.2) is 0 Å². The van der Waals surface area contributed by atoms with Crippen LogP contribution in [0.25, 0.3) is 0 Å². The number of carbonyl (C=O) groups is 1. The van der Waals surface area contributed by atoms with Crippen LogP contribution in [0.2, 0.25) is 0 Å². The zero-order chi connectivity index (χ0) is 13.3. The summed E-state index contributed by atoms with van der Waals surface area (Å²) in [6.45, 7) is 4.61. The third-order valence-corrected chi connectivity index (χ3v) is 3.30. The first kappa shape index (κ1) is 12.9. The summed E-state index contributed by atoms with van der Waals surface area (Å²) in [7, 11) is 0. The molecule has 1 unspecified atom stereocenters. The number of hydrogen-bond acceptors (Lipinski definition) is 4. The number of nitrogens with zero attached hydrogens (tertiary/aromatic N) is 1. The monoisotopic (exact) mass is 249 g/mol. The Morgan fingerprint density at radius 3 is 2.83 bits per heavy atom. The summed E-state index contributed by atoms with van der Waals surface area (Å²) in [5, 5.41) is 9.91. The molecule has 0 saturated carbocycles. The quantitative estimate of drug-likeness (QED) is 0.537. The highest BCUT2D eigenvalue weighted by molar-refractivity contribution is 6.00. The first-order valence-electron chi connectivity index (χ1n) is 6.02. The van der Waals surface area contributed by atoms with Crippen molar-refractivity contribution in [2.24, 2.45) is 5.84 Å². The number of nitrogens with one attached hydrogen (secondary N) is 1. The van der Waals surface area contributed by atoms with Crippen LogP contribution in [-0.2, 0) is 0 Å². The van der Waals surface area contributed by atoms with Crippen LogP contribution < -0.4 is 11.3 Å². The van der Waals surface area contributed by atoms with Gasteiger partial charge in [-0.3, -0.25) is 10.6 Å². The number of nitrogens with two attached hydrogens (primary N) is 1. The molecule has 1 amide bonds. The fraction of sp³-hybridized carbons (Fsp3) is 0.462. The highest BCUT2D eigenvalue weighted by atomic mass is 16.3. The summed E-state index contributed by atoms with van der Waals surface area (Å²) in [6, 6.07) is 5.49. The van der Waals surface area contributed by atoms with Crippen molar-refractivity contribution in [3.8, 4) is 0 Å². The number of rotatable bonds is 2. The van der Waals surface area contributed by atoms with Crippen LogP contribution in [0.3, 0.4) is 0 Å². The average Bonchev–Trinajstić information content (AvgIpc) is 2.68. The Labute approximate surface area is 107 Å². The molecule has 1 aliphatic rings. The Morgan fingerprint density at radius 1 is 1.56 bits per heavy atom. The second-order valence-electron chi connectivity index (χ2n) is 5.17. The van der Waals surface area contributed by atoms with Crippen LogP contribution >= 0.6 is 0 Å². The number of hydrazine groups is 1. The van der Waals surface area contributed by atoms with E-state index in [1.165, 1.54) is 0 Å². The molecule has 1 atom stereocenters. The van der Waals surface area contributed by atoms with Crippen LogP contribution in [0.5, 0.6) is 0 Å². The minimum atomic E-state index is -0.782. The van der Waals surface area contributed by atoms with E-state index in [1.807, 2.05) is 19.1 Å². The van der Waals surface area contributed by atoms with Crippen LogP contribution in [0, 0.1) is 6.92 Å². The lowest BCUT2D eigenvalue weighted by Crippen LogP contribution is -2.34. The smallest absolute Gasteiger partial charge is 0.256 e. The molecule has 1 aliphatic heterocycles. The number of nitrogen functional groups attached to an aromatic ring is 1. The molecular formula is C13H19N3O2. The number of amides is 1. The second-order valence-corrected chi connectivity index (χ2v) is 5.17. The van der Waals surface area contributed by atoms with Gasteiger partial charge in [0.1, 0.15) is 0 Å². The Bertz CT molecular complexity index is 471. The van der Waals surface area contributed by atoms with Gasteiger partial charge in [-0.15, -0.1) is 0 Å². The van der Waals surface area contributed by atoms with E-state index in [2.05, 4.69) is 5.43 Å². The van der Waals surface area contributed by atoms with E-state index in [-0.39, 0.29) is 5.91 Å². The maximum atomic E-state index is 12.4. The molecule has 1 aromatic rings. The van der Waals surface area contributed by atoms with E-state index in [9.17, 15) is 9.90 Å². The van der Waals surface area contributed by atoms with Gasteiger partial charge in [-0.05, 0) is 32.4 Å². The molecule has 0 bridgehead atoms. The largest absolute Gasteiger partial charge is 0.388 e. The van der Waals surface area contributed by atoms with Gasteiger partial charge in [-0.1, -0.05) is 11.6 Å². The number of β-amino-alcohol motifs (C(OH)–C–C–N with tert-alkyl or cyclic N) is 1. The van der Waals surface area contributed by atoms with Crippen molar-refractivity contribution in [3.63, 3.8) is 0 Å². The topological polar surface area (TPSA) is 78.6 Å². The zero-order valence-electron chi connectivity index (χ0n) is 10.7. The predicted molar refractivity (Wildman–Crippen MR) is 70.1 cm³/mol. The lowest BCUT2D eigenvalue weighted by atomic mass is 10.1. The number of likely N-dealkylation sites (tertiary alicyclic amines) is 1. The van der Waals surface area contributed by atoms with E-state index < -0.39 is 5.60 Å². The van der Waals surface area contributed by atoms with Gasteiger partial charge >= 0.3 is 0 Å². The zero-order valence-corrected chi connectivity index (χ0v) is 10.7. The Morgan fingerprint density at radius 2 is 2.28 bits per heavy atom. The van der Waals surface area contributed by atoms with Gasteiger partial charge in [-0.25, -0.2) is 0 Å². The summed E-state index contributed by atoms with van der Waals surface area (Å²) in [5.74, 6) is 5.33. The fourth-order valence-corrected chi connectivity index (χ4v) is 2.25. The molecular weight excluding hydrogens is 230 g/mol. The Balaban J connectivity index is 2.26. The molecule has 5 heteroatoms. The number of benzene rings is 1. The van der Waals surface area contributed by atoms with Crippen molar-refractivity contribution < 1.29 is 9.90 Å². The number of hydrogen-bond donors (Lipinski definition) is 3. The molecule has 98 valence electrons. The van der Waals surface area contributed by atoms with E-state index >= 15 is 0 Å². The third kappa shape index (κ3) is 2.47. The molecule has 18 heavy (non-hydrogen) atoms. The van der Waals surface area contributed by atoms with Crippen molar-refractivity contribution in [1.29, 1.82) is 0 Å². The average molecular weight is 249 g/mol. The normalized spacial score (nSPS) is 23.2. The molecule has 0 aliphatic carbocycles. The van der Waals surface area contributed by atoms with Crippen LogP contribution in [0.4, 0.5) is 5.69 Å². The van der Waals surface area contributed by atoms with E-state index in [4.69, 9.17) is 5.84 Å². The Kier molecular flexibility index (Phi) is 3.28. The minimum absolute atomic E-state index is 0.0931. The molecule has 2 rings (SSSR count). The van der Waals surface area contributed by atoms with Crippen molar-refractivity contribution in [1.82, 2.24) is 4.90 Å². The molecule has 1 fully saturated rings. The van der Waals surface area contributed by atoms with Gasteiger partial charge in [0.05, 0.1) is 16.9 Å². The van der Waals surface area contributed by atoms with Gasteiger partial charge < -0.3 is 15.4 Å². The number of anilines is 1. The SMILES string of the molecule is Cc1ccc(NN)c(C(=O)N2CCC(C)(O)C2)c1. The lowest BCUT2D eigenvalue weighted by Gasteiger charge is -2.20. The summed E-state index contributed by atoms with van der Waals surface area (Å²) >= 11 is 0. The molecule has 4 N–H and O–H groups in total. The maximum Gasteiger partial charge on any atom is 0.256 e. The summed E-state index contributed by atoms with van der Waals surface area (Å²) in [6.07, 6.45) is 0.607. The summed E-state index contributed by atoms with van der Waals surface area (Å²) in [4.78, 5) is 14.0. The van der Waals surface area contributed by atoms with E-state index in [1.54, 1.807) is 17.9 Å². The standard InChI is InChI=1S/C13H19N3O2/c1-9-3-4-11(15-14)10(7-9)12(17)16-6-5-13(2,18)8-16/h3-4,7,15,18H,5-6,8,14H2,1-2H3. The third-order valence-electron chi connectivity index (χ3n) is 3.30. The number of carbonyl (C=O) groups excluding carboxylic acids is 1. The highest BCUT2D eigenvalue weighted by Gasteiger charge is 2.34. The Hall–Kier alpha value is -1.59. The molecule has 0 radical (unpaired) electrons. The number of aliphatic hydroxyl groups is 1. The van der Waals surface area contributed by atoms with Crippen molar-refractivity contribution in [3.05, 3.63) is 29.3 Å². The fourth-order valence-electron chi connectivity index (χ4n) is 2.25. The van der Waals surface area contributed by atoms with Gasteiger partial charge in [0.2, 0.25) is 0 Å². The van der Waals surface area contributed by atoms with Crippen LogP contribution in [-0.4, -0.2) is 34.6 Å². The first-order chi connectivity index (χ1) is 8.43. The maximum absolute atomic E-state index is 12.4. The lowest BCUT2D eigenvalue weighted by molar-refractivity contribution is 0.0572. The molecule has 0 spiro atoms. The first-order valence-corrected chi connectivity index (χ1v) is 6.02. The van der Waals surface area contributed by atoms with Crippen molar-refractivity contribution in [2.75, 3.05) is 18.5 Å². The minimum Gasteiger partial charge on any atom is -0.388 e. The number of aryl methyl sites for hydroxylation is 1. The van der Waals surface area contributed by atoms with Crippen molar-refractivity contribution in [2.45, 2.75) is 25.9 Å². The van der Waals surface area contributed by atoms with Gasteiger partial charge in [0, 0.05) is 13.1 Å². The molecule has 1 aromatic carbocycles. The van der Waals surface area contributed by atoms with Gasteiger partial charge in [0.25, 0.3) is 5.91 Å². The molecule has 1 heterocycles. The molecule has 1 saturated heterocycles. The predicted octanol–water partition coefficient (Wildman–Crippen LogP) is 0.878. The highest BCUT2D eigenvalue weighted by Crippen LogP contribution is 2.25. The van der Waals surface area contributed by atoms with Crippen LogP contribution in [0.15, 0.2) is 18.2 Å². The summed E-state index contributed by atoms with van der Waals surface area (Å²) < 4.78 is 0. The van der Waals surface area contributed by atoms with E-state index in [0.717, 1.165) is 5.56 Å². The van der Waals surface area contributed by atoms with E-state index in [0.29, 0.717) is 30.8 Å². The molecule has 5 nitrogen and oxygen atoms in total. The second kappa shape index (κ2) is 4.59. The molecule has 0 aromatic heterocycles. The van der Waals surface area contributed by atoms with Gasteiger partial charge in [-0.2, -0.15) is 0 Å². The van der Waals surface area contributed by atoms with Crippen LogP contribution in [0.1, 0.15) is 29.3 Å². The summed E-state index contributed by atoms with van der Waals surface area (Å²) in [5.41, 5.74) is 3.92.